The Bertz CT molecular complexity index is 820. The molecule has 0 aromatic heterocycles. The predicted octanol–water partition coefficient (Wildman–Crippen LogP) is 1.80. The van der Waals surface area contributed by atoms with E-state index in [0.29, 0.717) is 28.5 Å². The molecule has 2 aromatic rings. The normalized spacial score (nSPS) is 10.3. The van der Waals surface area contributed by atoms with Crippen LogP contribution in [0.15, 0.2) is 47.6 Å². The Morgan fingerprint density at radius 2 is 1.65 bits per heavy atom. The maximum absolute atomic E-state index is 12.0. The Labute approximate surface area is 150 Å². The van der Waals surface area contributed by atoms with Gasteiger partial charge in [0.25, 0.3) is 0 Å². The Balaban J connectivity index is 2.02. The standard InChI is InChI=1S/C18H19N3O5/c1-24-13-8-9-16(26-3)14(10-13)20-17(22)18(23)21-19-11-12-6-4-5-7-15(12)25-2/h4-11H,1-3H3,(H,20,22)(H,21,23)/b19-11+. The number of hydrogen-bond donors (Lipinski definition) is 2. The first-order valence-corrected chi connectivity index (χ1v) is 7.58. The largest absolute Gasteiger partial charge is 0.497 e. The summed E-state index contributed by atoms with van der Waals surface area (Å²) in [5.74, 6) is -0.328. The third-order valence-electron chi connectivity index (χ3n) is 3.37. The highest BCUT2D eigenvalue weighted by atomic mass is 16.5. The Kier molecular flexibility index (Phi) is 6.55. The highest BCUT2D eigenvalue weighted by Crippen LogP contribution is 2.28. The predicted molar refractivity (Wildman–Crippen MR) is 96.9 cm³/mol. The molecule has 0 bridgehead atoms. The van der Waals surface area contributed by atoms with Gasteiger partial charge < -0.3 is 19.5 Å². The zero-order chi connectivity index (χ0) is 18.9. The summed E-state index contributed by atoms with van der Waals surface area (Å²) in [5.41, 5.74) is 3.12. The molecule has 8 nitrogen and oxygen atoms in total. The van der Waals surface area contributed by atoms with Crippen molar-refractivity contribution in [2.75, 3.05) is 26.6 Å². The van der Waals surface area contributed by atoms with Gasteiger partial charge in [0.2, 0.25) is 0 Å². The van der Waals surface area contributed by atoms with Crippen molar-refractivity contribution in [3.05, 3.63) is 48.0 Å². The molecule has 0 fully saturated rings. The number of hydrazone groups is 1. The summed E-state index contributed by atoms with van der Waals surface area (Å²) in [6.07, 6.45) is 1.39. The van der Waals surface area contributed by atoms with Gasteiger partial charge in [-0.05, 0) is 24.3 Å². The van der Waals surface area contributed by atoms with E-state index < -0.39 is 11.8 Å². The van der Waals surface area contributed by atoms with Gasteiger partial charge in [-0.1, -0.05) is 12.1 Å². The number of amides is 2. The van der Waals surface area contributed by atoms with Crippen LogP contribution in [0.5, 0.6) is 17.2 Å². The second-order valence-corrected chi connectivity index (χ2v) is 4.96. The molecular formula is C18H19N3O5. The van der Waals surface area contributed by atoms with Crippen molar-refractivity contribution in [2.24, 2.45) is 5.10 Å². The van der Waals surface area contributed by atoms with Crippen LogP contribution in [0.3, 0.4) is 0 Å². The van der Waals surface area contributed by atoms with Gasteiger partial charge in [0.05, 0.1) is 33.2 Å². The van der Waals surface area contributed by atoms with Gasteiger partial charge in [0.15, 0.2) is 0 Å². The molecule has 136 valence electrons. The average molecular weight is 357 g/mol. The molecule has 0 aliphatic heterocycles. The Hall–Kier alpha value is -3.55. The number of anilines is 1. The molecule has 8 heteroatoms. The fourth-order valence-corrected chi connectivity index (χ4v) is 2.08. The molecule has 0 unspecified atom stereocenters. The minimum atomic E-state index is -0.930. The number of methoxy groups -OCH3 is 3. The Morgan fingerprint density at radius 1 is 0.923 bits per heavy atom. The van der Waals surface area contributed by atoms with Crippen molar-refractivity contribution in [1.29, 1.82) is 0 Å². The SMILES string of the molecule is COc1ccc(OC)c(NC(=O)C(=O)N/N=C/c2ccccc2OC)c1. The maximum atomic E-state index is 12.0. The lowest BCUT2D eigenvalue weighted by Gasteiger charge is -2.11. The van der Waals surface area contributed by atoms with Gasteiger partial charge in [0.1, 0.15) is 17.2 Å². The molecule has 2 N–H and O–H groups in total. The number of nitrogens with zero attached hydrogens (tertiary/aromatic N) is 1. The third kappa shape index (κ3) is 4.73. The van der Waals surface area contributed by atoms with Crippen LogP contribution in [0.2, 0.25) is 0 Å². The summed E-state index contributed by atoms with van der Waals surface area (Å²) in [6.45, 7) is 0. The lowest BCUT2D eigenvalue weighted by Crippen LogP contribution is -2.32. The number of para-hydroxylation sites is 1. The molecule has 0 aliphatic rings. The van der Waals surface area contributed by atoms with E-state index in [1.807, 2.05) is 6.07 Å². The van der Waals surface area contributed by atoms with Gasteiger partial charge in [0, 0.05) is 11.6 Å². The van der Waals surface area contributed by atoms with Gasteiger partial charge >= 0.3 is 11.8 Å². The van der Waals surface area contributed by atoms with E-state index in [1.54, 1.807) is 36.4 Å². The van der Waals surface area contributed by atoms with Crippen LogP contribution < -0.4 is 25.0 Å². The molecule has 0 heterocycles. The summed E-state index contributed by atoms with van der Waals surface area (Å²) in [7, 11) is 4.47. The first-order valence-electron chi connectivity index (χ1n) is 7.58. The fraction of sp³-hybridized carbons (Fsp3) is 0.167. The van der Waals surface area contributed by atoms with E-state index in [-0.39, 0.29) is 0 Å². The summed E-state index contributed by atoms with van der Waals surface area (Å²) in [6, 6.07) is 12.0. The van der Waals surface area contributed by atoms with E-state index in [9.17, 15) is 9.59 Å². The molecule has 0 radical (unpaired) electrons. The van der Waals surface area contributed by atoms with Crippen LogP contribution in [-0.2, 0) is 9.59 Å². The molecule has 2 aromatic carbocycles. The maximum Gasteiger partial charge on any atom is 0.329 e. The van der Waals surface area contributed by atoms with Crippen LogP contribution in [0.4, 0.5) is 5.69 Å². The van der Waals surface area contributed by atoms with E-state index in [1.165, 1.54) is 27.5 Å². The van der Waals surface area contributed by atoms with Gasteiger partial charge in [-0.3, -0.25) is 9.59 Å². The number of benzene rings is 2. The highest BCUT2D eigenvalue weighted by molar-refractivity contribution is 6.39. The van der Waals surface area contributed by atoms with Crippen LogP contribution >= 0.6 is 0 Å². The first kappa shape index (κ1) is 18.8. The summed E-state index contributed by atoms with van der Waals surface area (Å²) >= 11 is 0. The molecule has 2 amide bonds. The van der Waals surface area contributed by atoms with Crippen molar-refractivity contribution in [1.82, 2.24) is 5.43 Å². The second kappa shape index (κ2) is 9.07. The van der Waals surface area contributed by atoms with Crippen LogP contribution in [0, 0.1) is 0 Å². The molecule has 0 atom stereocenters. The fourth-order valence-electron chi connectivity index (χ4n) is 2.08. The van der Waals surface area contributed by atoms with E-state index >= 15 is 0 Å². The third-order valence-corrected chi connectivity index (χ3v) is 3.37. The number of carbonyl (C=O) groups is 2. The molecule has 0 saturated carbocycles. The number of carbonyl (C=O) groups excluding carboxylic acids is 2. The smallest absolute Gasteiger partial charge is 0.329 e. The second-order valence-electron chi connectivity index (χ2n) is 4.96. The number of ether oxygens (including phenoxy) is 3. The summed E-state index contributed by atoms with van der Waals surface area (Å²) < 4.78 is 15.4. The van der Waals surface area contributed by atoms with Crippen LogP contribution in [0.25, 0.3) is 0 Å². The first-order chi connectivity index (χ1) is 12.6. The molecule has 0 spiro atoms. The number of hydrogen-bond acceptors (Lipinski definition) is 6. The zero-order valence-corrected chi connectivity index (χ0v) is 14.6. The molecule has 2 rings (SSSR count). The molecule has 0 aliphatic carbocycles. The van der Waals surface area contributed by atoms with E-state index in [0.717, 1.165) is 0 Å². The zero-order valence-electron chi connectivity index (χ0n) is 14.6. The van der Waals surface area contributed by atoms with Crippen LogP contribution in [-0.4, -0.2) is 39.4 Å². The Morgan fingerprint density at radius 3 is 2.35 bits per heavy atom. The van der Waals surface area contributed by atoms with Crippen molar-refractivity contribution in [3.8, 4) is 17.2 Å². The highest BCUT2D eigenvalue weighted by Gasteiger charge is 2.16. The molecule has 26 heavy (non-hydrogen) atoms. The van der Waals surface area contributed by atoms with Crippen LogP contribution in [0.1, 0.15) is 5.56 Å². The van der Waals surface area contributed by atoms with E-state index in [2.05, 4.69) is 15.8 Å². The lowest BCUT2D eigenvalue weighted by molar-refractivity contribution is -0.136. The molecular weight excluding hydrogens is 338 g/mol. The number of rotatable bonds is 6. The monoisotopic (exact) mass is 357 g/mol. The van der Waals surface area contributed by atoms with Gasteiger partial charge in [-0.2, -0.15) is 5.10 Å². The van der Waals surface area contributed by atoms with E-state index in [4.69, 9.17) is 14.2 Å². The van der Waals surface area contributed by atoms with Gasteiger partial charge in [-0.15, -0.1) is 0 Å². The lowest BCUT2D eigenvalue weighted by atomic mass is 10.2. The average Bonchev–Trinajstić information content (AvgIpc) is 2.68. The topological polar surface area (TPSA) is 98.2 Å². The van der Waals surface area contributed by atoms with Gasteiger partial charge in [-0.25, -0.2) is 5.43 Å². The van der Waals surface area contributed by atoms with Crippen molar-refractivity contribution in [2.45, 2.75) is 0 Å². The van der Waals surface area contributed by atoms with Crippen molar-refractivity contribution >= 4 is 23.7 Å². The summed E-state index contributed by atoms with van der Waals surface area (Å²) in [4.78, 5) is 23.9. The minimum Gasteiger partial charge on any atom is -0.497 e. The van der Waals surface area contributed by atoms with Crippen molar-refractivity contribution in [3.63, 3.8) is 0 Å². The minimum absolute atomic E-state index is 0.306. The summed E-state index contributed by atoms with van der Waals surface area (Å²) in [5, 5.41) is 6.22. The number of nitrogens with one attached hydrogen (secondary N) is 2. The molecule has 0 saturated heterocycles. The van der Waals surface area contributed by atoms with Crippen molar-refractivity contribution < 1.29 is 23.8 Å². The quantitative estimate of drug-likeness (QED) is 0.467.